The monoisotopic (exact) mass is 195 g/mol. The maximum atomic E-state index is 10.5. The Morgan fingerprint density at radius 3 is 2.64 bits per heavy atom. The van der Waals surface area contributed by atoms with E-state index in [9.17, 15) is 15.2 Å². The van der Waals surface area contributed by atoms with Gasteiger partial charge in [-0.1, -0.05) is 12.1 Å². The van der Waals surface area contributed by atoms with Crippen molar-refractivity contribution in [2.75, 3.05) is 0 Å². The second-order valence-corrected chi connectivity index (χ2v) is 3.92. The van der Waals surface area contributed by atoms with Crippen LogP contribution in [0.4, 0.5) is 5.69 Å². The van der Waals surface area contributed by atoms with Gasteiger partial charge in [-0.05, 0) is 19.4 Å². The molecule has 0 atom stereocenters. The summed E-state index contributed by atoms with van der Waals surface area (Å²) in [6.07, 6.45) is 0.411. The second-order valence-electron chi connectivity index (χ2n) is 3.92. The van der Waals surface area contributed by atoms with E-state index in [1.54, 1.807) is 26.0 Å². The minimum Gasteiger partial charge on any atom is -0.390 e. The Balaban J connectivity index is 2.89. The average Bonchev–Trinajstić information content (AvgIpc) is 2.01. The fraction of sp³-hybridized carbons (Fsp3) is 0.400. The quantitative estimate of drug-likeness (QED) is 0.591. The molecule has 14 heavy (non-hydrogen) atoms. The Kier molecular flexibility index (Phi) is 2.86. The van der Waals surface area contributed by atoms with E-state index < -0.39 is 10.5 Å². The smallest absolute Gasteiger partial charge is 0.269 e. The summed E-state index contributed by atoms with van der Waals surface area (Å²) in [6.45, 7) is 3.34. The van der Waals surface area contributed by atoms with Crippen LogP contribution in [0.5, 0.6) is 0 Å². The summed E-state index contributed by atoms with van der Waals surface area (Å²) >= 11 is 0. The predicted molar refractivity (Wildman–Crippen MR) is 53.1 cm³/mol. The van der Waals surface area contributed by atoms with Crippen molar-refractivity contribution in [2.45, 2.75) is 25.9 Å². The molecule has 0 radical (unpaired) electrons. The summed E-state index contributed by atoms with van der Waals surface area (Å²) in [5.41, 5.74) is -0.00618. The highest BCUT2D eigenvalue weighted by Gasteiger charge is 2.15. The van der Waals surface area contributed by atoms with Gasteiger partial charge in [-0.25, -0.2) is 0 Å². The van der Waals surface area contributed by atoms with Crippen LogP contribution in [0, 0.1) is 10.1 Å². The van der Waals surface area contributed by atoms with Gasteiger partial charge in [0.05, 0.1) is 10.5 Å². The van der Waals surface area contributed by atoms with Crippen molar-refractivity contribution in [1.29, 1.82) is 0 Å². The first kappa shape index (κ1) is 10.7. The molecule has 0 saturated carbocycles. The van der Waals surface area contributed by atoms with Gasteiger partial charge in [-0.2, -0.15) is 0 Å². The van der Waals surface area contributed by atoms with Gasteiger partial charge < -0.3 is 5.11 Å². The molecule has 0 bridgehead atoms. The number of rotatable bonds is 3. The fourth-order valence-corrected chi connectivity index (χ4v) is 1.28. The first-order chi connectivity index (χ1) is 6.38. The second kappa shape index (κ2) is 3.75. The third kappa shape index (κ3) is 3.14. The van der Waals surface area contributed by atoms with Gasteiger partial charge in [0.15, 0.2) is 0 Å². The summed E-state index contributed by atoms with van der Waals surface area (Å²) in [5, 5.41) is 20.0. The molecule has 76 valence electrons. The Bertz CT molecular complexity index is 341. The van der Waals surface area contributed by atoms with Crippen molar-refractivity contribution in [1.82, 2.24) is 0 Å². The molecule has 0 unspecified atom stereocenters. The lowest BCUT2D eigenvalue weighted by Gasteiger charge is -2.16. The van der Waals surface area contributed by atoms with Crippen LogP contribution in [0.2, 0.25) is 0 Å². The Hall–Kier alpha value is -1.42. The summed E-state index contributed by atoms with van der Waals surface area (Å²) in [5.74, 6) is 0. The molecular formula is C10H13NO3. The van der Waals surface area contributed by atoms with Crippen molar-refractivity contribution in [3.63, 3.8) is 0 Å². The Labute approximate surface area is 82.3 Å². The zero-order valence-corrected chi connectivity index (χ0v) is 8.23. The number of hydrogen-bond acceptors (Lipinski definition) is 3. The van der Waals surface area contributed by atoms with Crippen molar-refractivity contribution >= 4 is 5.69 Å². The van der Waals surface area contributed by atoms with Crippen molar-refractivity contribution < 1.29 is 10.0 Å². The molecule has 0 amide bonds. The van der Waals surface area contributed by atoms with Gasteiger partial charge in [0.2, 0.25) is 0 Å². The minimum absolute atomic E-state index is 0.0618. The maximum absolute atomic E-state index is 10.5. The van der Waals surface area contributed by atoms with Gasteiger partial charge in [0, 0.05) is 18.6 Å². The van der Waals surface area contributed by atoms with E-state index in [1.165, 1.54) is 12.1 Å². The molecule has 1 N–H and O–H groups in total. The normalized spacial score (nSPS) is 11.4. The number of nitro groups is 1. The van der Waals surface area contributed by atoms with Gasteiger partial charge >= 0.3 is 0 Å². The summed E-state index contributed by atoms with van der Waals surface area (Å²) in [7, 11) is 0. The van der Waals surface area contributed by atoms with Crippen molar-refractivity contribution in [2.24, 2.45) is 0 Å². The van der Waals surface area contributed by atoms with Crippen LogP contribution in [0.3, 0.4) is 0 Å². The van der Waals surface area contributed by atoms with Gasteiger partial charge in [0.1, 0.15) is 0 Å². The molecule has 1 aromatic rings. The highest BCUT2D eigenvalue weighted by atomic mass is 16.6. The molecule has 0 aliphatic heterocycles. The summed E-state index contributed by atoms with van der Waals surface area (Å²) in [6, 6.07) is 6.32. The molecule has 4 nitrogen and oxygen atoms in total. The lowest BCUT2D eigenvalue weighted by Crippen LogP contribution is -2.21. The number of hydrogen-bond donors (Lipinski definition) is 1. The van der Waals surface area contributed by atoms with Crippen LogP contribution in [0.1, 0.15) is 19.4 Å². The van der Waals surface area contributed by atoms with Crippen LogP contribution in [0.15, 0.2) is 24.3 Å². The van der Waals surface area contributed by atoms with E-state index in [-0.39, 0.29) is 5.69 Å². The third-order valence-corrected chi connectivity index (χ3v) is 1.76. The maximum Gasteiger partial charge on any atom is 0.269 e. The predicted octanol–water partition coefficient (Wildman–Crippen LogP) is 1.91. The van der Waals surface area contributed by atoms with E-state index in [0.717, 1.165) is 5.56 Å². The van der Waals surface area contributed by atoms with Crippen LogP contribution < -0.4 is 0 Å². The largest absolute Gasteiger partial charge is 0.390 e. The molecule has 1 aromatic carbocycles. The van der Waals surface area contributed by atoms with E-state index in [1.807, 2.05) is 0 Å². The highest BCUT2D eigenvalue weighted by molar-refractivity contribution is 5.34. The fourth-order valence-electron chi connectivity index (χ4n) is 1.28. The van der Waals surface area contributed by atoms with Crippen molar-refractivity contribution in [3.05, 3.63) is 39.9 Å². The zero-order valence-electron chi connectivity index (χ0n) is 8.23. The van der Waals surface area contributed by atoms with Crippen LogP contribution in [-0.4, -0.2) is 15.6 Å². The first-order valence-electron chi connectivity index (χ1n) is 4.34. The number of non-ortho nitro benzene ring substituents is 1. The highest BCUT2D eigenvalue weighted by Crippen LogP contribution is 2.17. The van der Waals surface area contributed by atoms with E-state index >= 15 is 0 Å². The SMILES string of the molecule is CC(C)(O)Cc1cccc([N+](=O)[O-])c1. The van der Waals surface area contributed by atoms with Crippen LogP contribution in [-0.2, 0) is 6.42 Å². The number of aliphatic hydroxyl groups is 1. The van der Waals surface area contributed by atoms with Gasteiger partial charge in [-0.15, -0.1) is 0 Å². The number of nitrogens with zero attached hydrogens (tertiary/aromatic N) is 1. The molecular weight excluding hydrogens is 182 g/mol. The topological polar surface area (TPSA) is 63.4 Å². The molecule has 0 heterocycles. The molecule has 0 fully saturated rings. The Morgan fingerprint density at radius 1 is 1.50 bits per heavy atom. The summed E-state index contributed by atoms with van der Waals surface area (Å²) in [4.78, 5) is 10.0. The van der Waals surface area contributed by atoms with E-state index in [4.69, 9.17) is 0 Å². The third-order valence-electron chi connectivity index (χ3n) is 1.76. The molecule has 1 rings (SSSR count). The van der Waals surface area contributed by atoms with Crippen LogP contribution >= 0.6 is 0 Å². The van der Waals surface area contributed by atoms with Crippen LogP contribution in [0.25, 0.3) is 0 Å². The lowest BCUT2D eigenvalue weighted by molar-refractivity contribution is -0.384. The first-order valence-corrected chi connectivity index (χ1v) is 4.34. The molecule has 0 aliphatic rings. The van der Waals surface area contributed by atoms with E-state index in [0.29, 0.717) is 6.42 Å². The van der Waals surface area contributed by atoms with E-state index in [2.05, 4.69) is 0 Å². The van der Waals surface area contributed by atoms with Gasteiger partial charge in [-0.3, -0.25) is 10.1 Å². The zero-order chi connectivity index (χ0) is 10.8. The molecule has 0 aliphatic carbocycles. The Morgan fingerprint density at radius 2 is 2.14 bits per heavy atom. The average molecular weight is 195 g/mol. The molecule has 4 heteroatoms. The number of nitro benzene ring substituents is 1. The molecule has 0 spiro atoms. The van der Waals surface area contributed by atoms with Gasteiger partial charge in [0.25, 0.3) is 5.69 Å². The van der Waals surface area contributed by atoms with Crippen molar-refractivity contribution in [3.8, 4) is 0 Å². The molecule has 0 saturated heterocycles. The lowest BCUT2D eigenvalue weighted by atomic mass is 9.98. The molecule has 0 aromatic heterocycles. The summed E-state index contributed by atoms with van der Waals surface area (Å²) < 4.78 is 0. The minimum atomic E-state index is -0.838. The number of benzene rings is 1. The standard InChI is InChI=1S/C10H13NO3/c1-10(2,12)7-8-4-3-5-9(6-8)11(13)14/h3-6,12H,7H2,1-2H3.